The minimum atomic E-state index is -0.585. The molecule has 0 aliphatic rings. The van der Waals surface area contributed by atoms with Crippen molar-refractivity contribution in [1.29, 1.82) is 0 Å². The van der Waals surface area contributed by atoms with Crippen LogP contribution in [0.4, 0.5) is 0 Å². The van der Waals surface area contributed by atoms with Crippen molar-refractivity contribution < 1.29 is 23.8 Å². The van der Waals surface area contributed by atoms with E-state index in [0.717, 1.165) is 141 Å². The third kappa shape index (κ3) is 54.4. The van der Waals surface area contributed by atoms with Crippen LogP contribution in [-0.4, -0.2) is 37.9 Å². The number of carbonyl (C=O) groups is 2. The molecule has 0 saturated carbocycles. The molecule has 0 heterocycles. The lowest BCUT2D eigenvalue weighted by Gasteiger charge is -2.18. The summed E-state index contributed by atoms with van der Waals surface area (Å²) in [6.45, 7) is 7.42. The van der Waals surface area contributed by atoms with Crippen LogP contribution in [0.2, 0.25) is 0 Å². The quantitative estimate of drug-likeness (QED) is 0.0346. The lowest BCUT2D eigenvalue weighted by Crippen LogP contribution is -2.30. The van der Waals surface area contributed by atoms with E-state index in [9.17, 15) is 9.59 Å². The molecule has 0 fully saturated rings. The van der Waals surface area contributed by atoms with Crippen LogP contribution in [0.1, 0.15) is 213 Å². The van der Waals surface area contributed by atoms with E-state index in [-0.39, 0.29) is 25.2 Å². The highest BCUT2D eigenvalue weighted by atomic mass is 16.6. The molecule has 0 spiro atoms. The molecule has 0 amide bonds. The highest BCUT2D eigenvalue weighted by Gasteiger charge is 2.17. The van der Waals surface area contributed by atoms with Gasteiger partial charge in [0.05, 0.1) is 6.61 Å². The fourth-order valence-corrected chi connectivity index (χ4v) is 6.83. The summed E-state index contributed by atoms with van der Waals surface area (Å²) in [7, 11) is 0. The van der Waals surface area contributed by atoms with Crippen LogP contribution in [0.15, 0.2) is 146 Å². The minimum Gasteiger partial charge on any atom is -0.462 e. The zero-order valence-electron chi connectivity index (χ0n) is 43.8. The summed E-state index contributed by atoms with van der Waals surface area (Å²) in [5.74, 6) is -0.488. The molecule has 5 nitrogen and oxygen atoms in total. The fourth-order valence-electron chi connectivity index (χ4n) is 6.83. The molecule has 0 bridgehead atoms. The van der Waals surface area contributed by atoms with Gasteiger partial charge in [-0.1, -0.05) is 212 Å². The summed E-state index contributed by atoms with van der Waals surface area (Å²) < 4.78 is 17.4. The van der Waals surface area contributed by atoms with Crippen LogP contribution in [-0.2, 0) is 23.8 Å². The van der Waals surface area contributed by atoms with E-state index in [2.05, 4.69) is 167 Å². The summed E-state index contributed by atoms with van der Waals surface area (Å²) in [5.41, 5.74) is 0. The number of allylic oxidation sites excluding steroid dienone is 24. The average Bonchev–Trinajstić information content (AvgIpc) is 3.34. The van der Waals surface area contributed by atoms with E-state index >= 15 is 0 Å². The Labute approximate surface area is 419 Å². The first-order chi connectivity index (χ1) is 33.6. The molecule has 5 heteroatoms. The monoisotopic (exact) mass is 937 g/mol. The van der Waals surface area contributed by atoms with Gasteiger partial charge in [-0.2, -0.15) is 0 Å². The van der Waals surface area contributed by atoms with E-state index in [0.29, 0.717) is 19.4 Å². The lowest BCUT2D eigenvalue weighted by molar-refractivity contribution is -0.163. The Bertz CT molecular complexity index is 1480. The topological polar surface area (TPSA) is 61.8 Å². The smallest absolute Gasteiger partial charge is 0.306 e. The van der Waals surface area contributed by atoms with Crippen LogP contribution in [0.3, 0.4) is 0 Å². The molecule has 0 radical (unpaired) electrons. The zero-order valence-corrected chi connectivity index (χ0v) is 43.8. The SMILES string of the molecule is CC/C=C\C/C=C\C/C=C\C/C=C\C/C=C\CCCCCC(=O)OCC(COCCCCCCCC/C=C\C/C=C\CCC)OC(=O)CCCCC/C=C\C/C=C\C/C=C\C/C=C\C/C=C\CC. The molecule has 1 unspecified atom stereocenters. The Morgan fingerprint density at radius 1 is 0.338 bits per heavy atom. The van der Waals surface area contributed by atoms with Crippen molar-refractivity contribution in [2.75, 3.05) is 19.8 Å². The average molecular weight is 937 g/mol. The minimum absolute atomic E-state index is 0.0398. The van der Waals surface area contributed by atoms with Crippen molar-refractivity contribution >= 4 is 11.9 Å². The Morgan fingerprint density at radius 3 is 1.06 bits per heavy atom. The van der Waals surface area contributed by atoms with Gasteiger partial charge in [0.25, 0.3) is 0 Å². The van der Waals surface area contributed by atoms with Crippen LogP contribution in [0, 0.1) is 0 Å². The molecule has 68 heavy (non-hydrogen) atoms. The molecule has 0 N–H and O–H groups in total. The number of ether oxygens (including phenoxy) is 3. The van der Waals surface area contributed by atoms with Crippen LogP contribution in [0.25, 0.3) is 0 Å². The van der Waals surface area contributed by atoms with Gasteiger partial charge in [-0.25, -0.2) is 0 Å². The van der Waals surface area contributed by atoms with Gasteiger partial charge in [0.2, 0.25) is 0 Å². The van der Waals surface area contributed by atoms with Crippen molar-refractivity contribution in [2.45, 2.75) is 219 Å². The molecule has 0 aliphatic heterocycles. The molecule has 0 rings (SSSR count). The van der Waals surface area contributed by atoms with Crippen LogP contribution >= 0.6 is 0 Å². The summed E-state index contributed by atoms with van der Waals surface area (Å²) >= 11 is 0. The number of carbonyl (C=O) groups excluding carboxylic acids is 2. The predicted octanol–water partition coefficient (Wildman–Crippen LogP) is 18.9. The van der Waals surface area contributed by atoms with Gasteiger partial charge >= 0.3 is 11.9 Å². The van der Waals surface area contributed by atoms with E-state index < -0.39 is 6.10 Å². The second-order valence-electron chi connectivity index (χ2n) is 17.4. The van der Waals surface area contributed by atoms with Crippen molar-refractivity contribution in [3.8, 4) is 0 Å². The highest BCUT2D eigenvalue weighted by Crippen LogP contribution is 2.11. The predicted molar refractivity (Wildman–Crippen MR) is 297 cm³/mol. The van der Waals surface area contributed by atoms with Crippen molar-refractivity contribution in [2.24, 2.45) is 0 Å². The second-order valence-corrected chi connectivity index (χ2v) is 17.4. The summed E-state index contributed by atoms with van der Waals surface area (Å²) in [6, 6.07) is 0. The van der Waals surface area contributed by atoms with Gasteiger partial charge < -0.3 is 14.2 Å². The lowest BCUT2D eigenvalue weighted by atomic mass is 10.1. The second kappa shape index (κ2) is 57.1. The molecule has 382 valence electrons. The van der Waals surface area contributed by atoms with Gasteiger partial charge in [-0.05, 0) is 135 Å². The van der Waals surface area contributed by atoms with Crippen molar-refractivity contribution in [3.63, 3.8) is 0 Å². The maximum atomic E-state index is 12.8. The molecule has 1 atom stereocenters. The van der Waals surface area contributed by atoms with E-state index in [1.165, 1.54) is 38.5 Å². The van der Waals surface area contributed by atoms with Gasteiger partial charge in [-0.3, -0.25) is 9.59 Å². The molecule has 0 aromatic rings. The third-order valence-corrected chi connectivity index (χ3v) is 10.8. The first-order valence-corrected chi connectivity index (χ1v) is 27.4. The molecule has 0 aliphatic carbocycles. The van der Waals surface area contributed by atoms with E-state index in [4.69, 9.17) is 14.2 Å². The van der Waals surface area contributed by atoms with E-state index in [1.807, 2.05) is 0 Å². The van der Waals surface area contributed by atoms with Crippen LogP contribution in [0.5, 0.6) is 0 Å². The highest BCUT2D eigenvalue weighted by molar-refractivity contribution is 5.70. The Hall–Kier alpha value is -4.22. The molecule has 0 aromatic heterocycles. The number of hydrogen-bond donors (Lipinski definition) is 0. The normalized spacial score (nSPS) is 13.4. The third-order valence-electron chi connectivity index (χ3n) is 10.8. The Balaban J connectivity index is 4.45. The fraction of sp³-hybridized carbons (Fsp3) is 0.587. The maximum Gasteiger partial charge on any atom is 0.306 e. The number of rotatable bonds is 48. The number of hydrogen-bond acceptors (Lipinski definition) is 5. The summed E-state index contributed by atoms with van der Waals surface area (Å²) in [5, 5.41) is 0. The molecule has 0 aromatic carbocycles. The Kier molecular flexibility index (Phi) is 53.6. The first-order valence-electron chi connectivity index (χ1n) is 27.4. The molecule has 0 saturated heterocycles. The van der Waals surface area contributed by atoms with Gasteiger partial charge in [-0.15, -0.1) is 0 Å². The standard InChI is InChI=1S/C63H100O5/c1-4-7-10-13-16-19-22-25-28-30-32-34-36-38-41-44-47-50-53-56-62(64)67-60-61(59-66-58-55-52-49-46-43-40-27-24-21-18-15-12-9-6-3)68-63(65)57-54-51-48-45-42-39-37-35-33-31-29-26-23-20-17-14-11-8-5-2/h7-8,10-12,15-17,19-21,24-26,28-29,32-35,38-39,41-42,61H,4-6,9,13-14,18,22-23,27,30-31,36-37,40,43-60H2,1-3H3/b10-7-,11-8-,15-12-,19-16-,20-17-,24-21-,28-25-,29-26-,34-32-,35-33-,41-38-,42-39-. The largest absolute Gasteiger partial charge is 0.462 e. The maximum absolute atomic E-state index is 12.8. The van der Waals surface area contributed by atoms with E-state index in [1.54, 1.807) is 0 Å². The van der Waals surface area contributed by atoms with Gasteiger partial charge in [0, 0.05) is 19.4 Å². The first kappa shape index (κ1) is 63.8. The molecular formula is C63H100O5. The van der Waals surface area contributed by atoms with Gasteiger partial charge in [0.15, 0.2) is 6.10 Å². The van der Waals surface area contributed by atoms with Crippen molar-refractivity contribution in [3.05, 3.63) is 146 Å². The summed E-state index contributed by atoms with van der Waals surface area (Å²) in [4.78, 5) is 25.5. The number of unbranched alkanes of at least 4 members (excludes halogenated alkanes) is 13. The summed E-state index contributed by atoms with van der Waals surface area (Å²) in [6.07, 6.45) is 82.9. The van der Waals surface area contributed by atoms with Crippen LogP contribution < -0.4 is 0 Å². The number of esters is 2. The molecular weight excluding hydrogens is 837 g/mol. The Morgan fingerprint density at radius 2 is 0.662 bits per heavy atom. The zero-order chi connectivity index (χ0) is 49.2. The van der Waals surface area contributed by atoms with Crippen molar-refractivity contribution in [1.82, 2.24) is 0 Å². The van der Waals surface area contributed by atoms with Gasteiger partial charge in [0.1, 0.15) is 6.61 Å².